The molecule has 1 aromatic rings. The molecule has 1 rings (SSSR count). The van der Waals surface area contributed by atoms with E-state index in [2.05, 4.69) is 11.1 Å². The van der Waals surface area contributed by atoms with Crippen LogP contribution in [0.4, 0.5) is 0 Å². The second-order valence-electron chi connectivity index (χ2n) is 2.83. The number of hydrogen-bond acceptors (Lipinski definition) is 4. The highest BCUT2D eigenvalue weighted by Gasteiger charge is 2.05. The first kappa shape index (κ1) is 10.5. The van der Waals surface area contributed by atoms with Gasteiger partial charge in [-0.05, 0) is 18.6 Å². The highest BCUT2D eigenvalue weighted by atomic mass is 16.5. The molecule has 1 atom stereocenters. The van der Waals surface area contributed by atoms with Gasteiger partial charge in [-0.15, -0.1) is 0 Å². The highest BCUT2D eigenvalue weighted by molar-refractivity contribution is 5.20. The van der Waals surface area contributed by atoms with Crippen molar-refractivity contribution in [2.24, 2.45) is 5.73 Å². The van der Waals surface area contributed by atoms with E-state index in [0.29, 0.717) is 18.7 Å². The fourth-order valence-corrected chi connectivity index (χ4v) is 0.967. The Morgan fingerprint density at radius 3 is 2.86 bits per heavy atom. The Morgan fingerprint density at radius 2 is 2.43 bits per heavy atom. The van der Waals surface area contributed by atoms with Crippen LogP contribution in [0.3, 0.4) is 0 Å². The van der Waals surface area contributed by atoms with Crippen molar-refractivity contribution in [2.45, 2.75) is 26.0 Å². The highest BCUT2D eigenvalue weighted by Crippen LogP contribution is 2.11. The minimum absolute atomic E-state index is 0.402. The van der Waals surface area contributed by atoms with E-state index in [0.717, 1.165) is 5.69 Å². The number of pyridine rings is 1. The lowest BCUT2D eigenvalue weighted by molar-refractivity contribution is 0.251. The van der Waals surface area contributed by atoms with Crippen molar-refractivity contribution < 1.29 is 4.74 Å². The van der Waals surface area contributed by atoms with Crippen LogP contribution in [0, 0.1) is 11.3 Å². The molecule has 1 unspecified atom stereocenters. The van der Waals surface area contributed by atoms with Crippen LogP contribution >= 0.6 is 0 Å². The number of nitrogens with two attached hydrogens (primary N) is 1. The summed E-state index contributed by atoms with van der Waals surface area (Å²) in [6.07, 6.45) is 1.85. The quantitative estimate of drug-likeness (QED) is 0.776. The van der Waals surface area contributed by atoms with Crippen LogP contribution in [0.5, 0.6) is 5.75 Å². The van der Waals surface area contributed by atoms with Crippen LogP contribution in [0.2, 0.25) is 0 Å². The van der Waals surface area contributed by atoms with Gasteiger partial charge in [0.25, 0.3) is 0 Å². The molecule has 0 radical (unpaired) electrons. The van der Waals surface area contributed by atoms with Crippen LogP contribution in [0.1, 0.15) is 19.0 Å². The zero-order chi connectivity index (χ0) is 10.4. The molecule has 1 heterocycles. The maximum Gasteiger partial charge on any atom is 0.184 e. The molecule has 1 aromatic heterocycles. The number of aromatic nitrogens is 1. The summed E-state index contributed by atoms with van der Waals surface area (Å²) in [4.78, 5) is 4.06. The van der Waals surface area contributed by atoms with E-state index in [1.165, 1.54) is 0 Å². The molecule has 0 aliphatic heterocycles. The van der Waals surface area contributed by atoms with Gasteiger partial charge in [-0.3, -0.25) is 4.98 Å². The molecule has 0 aromatic carbocycles. The summed E-state index contributed by atoms with van der Waals surface area (Å²) < 4.78 is 5.35. The van der Waals surface area contributed by atoms with Gasteiger partial charge in [0.1, 0.15) is 11.8 Å². The van der Waals surface area contributed by atoms with E-state index in [9.17, 15) is 0 Å². The van der Waals surface area contributed by atoms with Gasteiger partial charge < -0.3 is 10.5 Å². The average molecular weight is 191 g/mol. The van der Waals surface area contributed by atoms with Gasteiger partial charge in [0.05, 0.1) is 11.9 Å². The third kappa shape index (κ3) is 2.71. The third-order valence-electron chi connectivity index (χ3n) is 1.80. The van der Waals surface area contributed by atoms with Gasteiger partial charge in [-0.1, -0.05) is 6.92 Å². The van der Waals surface area contributed by atoms with Crippen molar-refractivity contribution in [3.63, 3.8) is 0 Å². The van der Waals surface area contributed by atoms with Gasteiger partial charge in [0.2, 0.25) is 0 Å². The fourth-order valence-electron chi connectivity index (χ4n) is 0.967. The molecule has 2 N–H and O–H groups in total. The lowest BCUT2D eigenvalue weighted by atomic mass is 10.3. The van der Waals surface area contributed by atoms with Crippen molar-refractivity contribution in [3.8, 4) is 11.8 Å². The molecule has 0 spiro atoms. The Morgan fingerprint density at radius 1 is 1.64 bits per heavy atom. The second kappa shape index (κ2) is 5.20. The Balaban J connectivity index is 2.64. The average Bonchev–Trinajstić information content (AvgIpc) is 2.26. The van der Waals surface area contributed by atoms with Crippen LogP contribution in [-0.2, 0) is 6.54 Å². The number of nitrogens with zero attached hydrogens (tertiary/aromatic N) is 2. The first-order chi connectivity index (χ1) is 6.80. The monoisotopic (exact) mass is 191 g/mol. The van der Waals surface area contributed by atoms with Gasteiger partial charge in [0, 0.05) is 6.54 Å². The van der Waals surface area contributed by atoms with Crippen molar-refractivity contribution in [1.82, 2.24) is 4.98 Å². The van der Waals surface area contributed by atoms with Crippen LogP contribution < -0.4 is 10.5 Å². The molecule has 0 saturated heterocycles. The predicted molar refractivity (Wildman–Crippen MR) is 52.4 cm³/mol. The zero-order valence-electron chi connectivity index (χ0n) is 8.10. The molecule has 14 heavy (non-hydrogen) atoms. The van der Waals surface area contributed by atoms with Crippen LogP contribution in [-0.4, -0.2) is 11.1 Å². The van der Waals surface area contributed by atoms with Gasteiger partial charge in [-0.25, -0.2) is 0 Å². The van der Waals surface area contributed by atoms with E-state index >= 15 is 0 Å². The minimum Gasteiger partial charge on any atom is -0.474 e. The smallest absolute Gasteiger partial charge is 0.184 e. The van der Waals surface area contributed by atoms with E-state index in [1.807, 2.05) is 6.92 Å². The molecule has 0 amide bonds. The topological polar surface area (TPSA) is 71.9 Å². The predicted octanol–water partition coefficient (Wildman–Crippen LogP) is 1.22. The van der Waals surface area contributed by atoms with E-state index < -0.39 is 6.10 Å². The lowest BCUT2D eigenvalue weighted by Gasteiger charge is -2.09. The van der Waals surface area contributed by atoms with Gasteiger partial charge >= 0.3 is 0 Å². The third-order valence-corrected chi connectivity index (χ3v) is 1.80. The maximum atomic E-state index is 8.67. The second-order valence-corrected chi connectivity index (χ2v) is 2.83. The molecule has 74 valence electrons. The first-order valence-corrected chi connectivity index (χ1v) is 4.51. The standard InChI is InChI=1S/C10H13N3O/c1-2-9(6-12)14-10-4-3-8(5-11)13-7-10/h3-4,7,9H,2,5,11H2,1H3. The van der Waals surface area contributed by atoms with Crippen molar-refractivity contribution in [1.29, 1.82) is 5.26 Å². The van der Waals surface area contributed by atoms with Gasteiger partial charge in [0.15, 0.2) is 6.10 Å². The fraction of sp³-hybridized carbons (Fsp3) is 0.400. The molecule has 0 aliphatic rings. The summed E-state index contributed by atoms with van der Waals surface area (Å²) in [6.45, 7) is 2.31. The lowest BCUT2D eigenvalue weighted by Crippen LogP contribution is -2.12. The Hall–Kier alpha value is -1.60. The maximum absolute atomic E-state index is 8.67. The van der Waals surface area contributed by atoms with Crippen LogP contribution in [0.15, 0.2) is 18.3 Å². The van der Waals surface area contributed by atoms with Crippen LogP contribution in [0.25, 0.3) is 0 Å². The Bertz CT molecular complexity index is 315. The molecular formula is C10H13N3O. The minimum atomic E-state index is -0.402. The summed E-state index contributed by atoms with van der Waals surface area (Å²) in [5, 5.41) is 8.67. The van der Waals surface area contributed by atoms with E-state index in [-0.39, 0.29) is 0 Å². The largest absolute Gasteiger partial charge is 0.474 e. The molecular weight excluding hydrogens is 178 g/mol. The summed E-state index contributed by atoms with van der Waals surface area (Å²) in [5.74, 6) is 0.607. The molecule has 0 fully saturated rings. The molecule has 0 aliphatic carbocycles. The number of rotatable bonds is 4. The number of nitriles is 1. The van der Waals surface area contributed by atoms with E-state index in [1.54, 1.807) is 18.3 Å². The first-order valence-electron chi connectivity index (χ1n) is 4.51. The Kier molecular flexibility index (Phi) is 3.89. The van der Waals surface area contributed by atoms with Crippen molar-refractivity contribution in [3.05, 3.63) is 24.0 Å². The molecule has 4 heteroatoms. The SMILES string of the molecule is CCC(C#N)Oc1ccc(CN)nc1. The summed E-state index contributed by atoms with van der Waals surface area (Å²) >= 11 is 0. The van der Waals surface area contributed by atoms with Crippen molar-refractivity contribution >= 4 is 0 Å². The van der Waals surface area contributed by atoms with Crippen molar-refractivity contribution in [2.75, 3.05) is 0 Å². The summed E-state index contributed by atoms with van der Waals surface area (Å²) in [7, 11) is 0. The van der Waals surface area contributed by atoms with E-state index in [4.69, 9.17) is 15.7 Å². The molecule has 0 saturated carbocycles. The Labute approximate surface area is 83.3 Å². The normalized spacial score (nSPS) is 11.8. The molecule has 0 bridgehead atoms. The molecule has 4 nitrogen and oxygen atoms in total. The van der Waals surface area contributed by atoms with Gasteiger partial charge in [-0.2, -0.15) is 5.26 Å². The number of hydrogen-bond donors (Lipinski definition) is 1. The number of ether oxygens (including phenoxy) is 1. The summed E-state index contributed by atoms with van der Waals surface area (Å²) in [6, 6.07) is 5.62. The zero-order valence-corrected chi connectivity index (χ0v) is 8.10. The summed E-state index contributed by atoms with van der Waals surface area (Å²) in [5.41, 5.74) is 6.21.